The molecule has 1 unspecified atom stereocenters. The number of rotatable bonds is 3. The van der Waals surface area contributed by atoms with Crippen LogP contribution in [0, 0.1) is 0 Å². The summed E-state index contributed by atoms with van der Waals surface area (Å²) in [6.07, 6.45) is 1.03. The van der Waals surface area contributed by atoms with Gasteiger partial charge in [-0.1, -0.05) is 29.3 Å². The van der Waals surface area contributed by atoms with E-state index in [4.69, 9.17) is 23.2 Å². The summed E-state index contributed by atoms with van der Waals surface area (Å²) in [6.45, 7) is 0.535. The lowest BCUT2D eigenvalue weighted by Gasteiger charge is -2.26. The Bertz CT molecular complexity index is 642. The Labute approximate surface area is 138 Å². The zero-order chi connectivity index (χ0) is 14.8. The van der Waals surface area contributed by atoms with Gasteiger partial charge in [0.1, 0.15) is 5.75 Å². The smallest absolute Gasteiger partial charge is 0.121 e. The molecule has 3 rings (SSSR count). The predicted molar refractivity (Wildman–Crippen MR) is 89.5 cm³/mol. The summed E-state index contributed by atoms with van der Waals surface area (Å²) in [5, 5.41) is 14.7. The van der Waals surface area contributed by atoms with E-state index >= 15 is 0 Å². The fourth-order valence-electron chi connectivity index (χ4n) is 2.52. The Morgan fingerprint density at radius 1 is 1.24 bits per heavy atom. The predicted octanol–water partition coefficient (Wildman–Crippen LogP) is 5.03. The van der Waals surface area contributed by atoms with Crippen molar-refractivity contribution in [1.82, 2.24) is 5.32 Å². The summed E-state index contributed by atoms with van der Waals surface area (Å²) in [4.78, 5) is 1.27. The number of aromatic hydroxyl groups is 1. The van der Waals surface area contributed by atoms with Gasteiger partial charge in [0.25, 0.3) is 0 Å². The number of phenolic OH excluding ortho intramolecular Hbond substituents is 1. The normalized spacial score (nSPS) is 17.5. The standard InChI is InChI=1S/C16H15Cl2NOS/c17-10-4-5-16-11(8-10)14(6-7-21-16)19-9-12-13(18)2-1-3-15(12)20/h1-5,8,14,19-20H,6-7,9H2. The molecule has 1 aliphatic heterocycles. The fourth-order valence-corrected chi connectivity index (χ4v) is 4.05. The van der Waals surface area contributed by atoms with Crippen LogP contribution in [0.25, 0.3) is 0 Å². The van der Waals surface area contributed by atoms with Gasteiger partial charge in [0, 0.05) is 33.1 Å². The van der Waals surface area contributed by atoms with Crippen molar-refractivity contribution in [1.29, 1.82) is 0 Å². The second-order valence-corrected chi connectivity index (χ2v) is 6.97. The molecule has 1 aliphatic rings. The van der Waals surface area contributed by atoms with Gasteiger partial charge in [-0.2, -0.15) is 0 Å². The summed E-state index contributed by atoms with van der Waals surface area (Å²) in [5.41, 5.74) is 1.96. The molecule has 0 aliphatic carbocycles. The van der Waals surface area contributed by atoms with E-state index < -0.39 is 0 Å². The maximum absolute atomic E-state index is 9.91. The van der Waals surface area contributed by atoms with Gasteiger partial charge in [0.15, 0.2) is 0 Å². The Hall–Kier alpha value is -0.870. The number of thioether (sulfide) groups is 1. The van der Waals surface area contributed by atoms with E-state index in [0.29, 0.717) is 11.6 Å². The molecule has 0 fully saturated rings. The van der Waals surface area contributed by atoms with Crippen LogP contribution >= 0.6 is 35.0 Å². The summed E-state index contributed by atoms with van der Waals surface area (Å²) in [5.74, 6) is 1.30. The topological polar surface area (TPSA) is 32.3 Å². The highest BCUT2D eigenvalue weighted by Gasteiger charge is 2.21. The third kappa shape index (κ3) is 3.32. The molecule has 5 heteroatoms. The van der Waals surface area contributed by atoms with Crippen LogP contribution < -0.4 is 5.32 Å². The molecule has 2 aromatic carbocycles. The number of nitrogens with one attached hydrogen (secondary N) is 1. The second kappa shape index (κ2) is 6.49. The van der Waals surface area contributed by atoms with Crippen molar-refractivity contribution in [2.24, 2.45) is 0 Å². The van der Waals surface area contributed by atoms with Crippen molar-refractivity contribution in [2.75, 3.05) is 5.75 Å². The van der Waals surface area contributed by atoms with Crippen LogP contribution in [0.3, 0.4) is 0 Å². The molecule has 2 nitrogen and oxygen atoms in total. The van der Waals surface area contributed by atoms with E-state index in [2.05, 4.69) is 11.4 Å². The Balaban J connectivity index is 1.80. The number of phenols is 1. The Kier molecular flexibility index (Phi) is 4.65. The van der Waals surface area contributed by atoms with Crippen LogP contribution in [0.5, 0.6) is 5.75 Å². The lowest BCUT2D eigenvalue weighted by molar-refractivity contribution is 0.453. The second-order valence-electron chi connectivity index (χ2n) is 4.99. The van der Waals surface area contributed by atoms with Gasteiger partial charge in [0.05, 0.1) is 0 Å². The monoisotopic (exact) mass is 339 g/mol. The number of fused-ring (bicyclic) bond motifs is 1. The molecular weight excluding hydrogens is 325 g/mol. The van der Waals surface area contributed by atoms with E-state index in [0.717, 1.165) is 22.8 Å². The molecule has 2 aromatic rings. The zero-order valence-electron chi connectivity index (χ0n) is 11.3. The molecule has 0 saturated heterocycles. The molecule has 1 heterocycles. The quantitative estimate of drug-likeness (QED) is 0.822. The van der Waals surface area contributed by atoms with E-state index in [1.165, 1.54) is 10.5 Å². The first kappa shape index (κ1) is 15.0. The molecule has 0 amide bonds. The third-order valence-electron chi connectivity index (χ3n) is 3.63. The van der Waals surface area contributed by atoms with Crippen LogP contribution in [0.2, 0.25) is 10.0 Å². The summed E-state index contributed by atoms with van der Waals surface area (Å²) in [7, 11) is 0. The van der Waals surface area contributed by atoms with Crippen molar-refractivity contribution in [2.45, 2.75) is 23.9 Å². The van der Waals surface area contributed by atoms with Crippen molar-refractivity contribution in [3.63, 3.8) is 0 Å². The minimum Gasteiger partial charge on any atom is -0.508 e. The fraction of sp³-hybridized carbons (Fsp3) is 0.250. The molecule has 0 aromatic heterocycles. The average molecular weight is 340 g/mol. The van der Waals surface area contributed by atoms with Gasteiger partial charge < -0.3 is 10.4 Å². The average Bonchev–Trinajstić information content (AvgIpc) is 2.47. The summed E-state index contributed by atoms with van der Waals surface area (Å²) >= 11 is 14.1. The SMILES string of the molecule is Oc1cccc(Cl)c1CNC1CCSc2ccc(Cl)cc21. The molecular formula is C16H15Cl2NOS. The van der Waals surface area contributed by atoms with Gasteiger partial charge in [-0.15, -0.1) is 11.8 Å². The lowest BCUT2D eigenvalue weighted by Crippen LogP contribution is -2.24. The Morgan fingerprint density at radius 3 is 2.90 bits per heavy atom. The van der Waals surface area contributed by atoms with E-state index in [1.807, 2.05) is 23.9 Å². The van der Waals surface area contributed by atoms with Gasteiger partial charge in [-0.05, 0) is 48.1 Å². The molecule has 0 spiro atoms. The highest BCUT2D eigenvalue weighted by molar-refractivity contribution is 7.99. The molecule has 21 heavy (non-hydrogen) atoms. The van der Waals surface area contributed by atoms with Crippen molar-refractivity contribution >= 4 is 35.0 Å². The summed E-state index contributed by atoms with van der Waals surface area (Å²) in [6, 6.07) is 11.4. The van der Waals surface area contributed by atoms with Crippen LogP contribution in [0.1, 0.15) is 23.6 Å². The van der Waals surface area contributed by atoms with Crippen LogP contribution in [0.15, 0.2) is 41.3 Å². The first-order valence-corrected chi connectivity index (χ1v) is 8.51. The first-order chi connectivity index (χ1) is 10.1. The molecule has 0 radical (unpaired) electrons. The number of benzene rings is 2. The van der Waals surface area contributed by atoms with Crippen LogP contribution in [0.4, 0.5) is 0 Å². The molecule has 0 bridgehead atoms. The van der Waals surface area contributed by atoms with Crippen LogP contribution in [-0.2, 0) is 6.54 Å². The highest BCUT2D eigenvalue weighted by atomic mass is 35.5. The zero-order valence-corrected chi connectivity index (χ0v) is 13.6. The van der Waals surface area contributed by atoms with Crippen molar-refractivity contribution in [3.05, 3.63) is 57.6 Å². The first-order valence-electron chi connectivity index (χ1n) is 6.77. The molecule has 110 valence electrons. The molecule has 0 saturated carbocycles. The highest BCUT2D eigenvalue weighted by Crippen LogP contribution is 2.38. The summed E-state index contributed by atoms with van der Waals surface area (Å²) < 4.78 is 0. The van der Waals surface area contributed by atoms with Gasteiger partial charge >= 0.3 is 0 Å². The minimum absolute atomic E-state index is 0.228. The van der Waals surface area contributed by atoms with Gasteiger partial charge in [-0.25, -0.2) is 0 Å². The lowest BCUT2D eigenvalue weighted by atomic mass is 10.0. The molecule has 1 atom stereocenters. The van der Waals surface area contributed by atoms with E-state index in [-0.39, 0.29) is 11.8 Å². The minimum atomic E-state index is 0.228. The van der Waals surface area contributed by atoms with Crippen LogP contribution in [-0.4, -0.2) is 10.9 Å². The number of hydrogen-bond acceptors (Lipinski definition) is 3. The van der Waals surface area contributed by atoms with Gasteiger partial charge in [-0.3, -0.25) is 0 Å². The Morgan fingerprint density at radius 2 is 2.10 bits per heavy atom. The number of halogens is 2. The molecule has 2 N–H and O–H groups in total. The van der Waals surface area contributed by atoms with E-state index in [1.54, 1.807) is 18.2 Å². The maximum atomic E-state index is 9.91. The van der Waals surface area contributed by atoms with Crippen molar-refractivity contribution in [3.8, 4) is 5.75 Å². The van der Waals surface area contributed by atoms with Gasteiger partial charge in [0.2, 0.25) is 0 Å². The third-order valence-corrected chi connectivity index (χ3v) is 5.34. The van der Waals surface area contributed by atoms with Crippen molar-refractivity contribution < 1.29 is 5.11 Å². The maximum Gasteiger partial charge on any atom is 0.121 e. The largest absolute Gasteiger partial charge is 0.508 e. The van der Waals surface area contributed by atoms with E-state index in [9.17, 15) is 5.11 Å². The number of hydrogen-bond donors (Lipinski definition) is 2.